The van der Waals surface area contributed by atoms with Gasteiger partial charge in [0.25, 0.3) is 0 Å². The van der Waals surface area contributed by atoms with Gasteiger partial charge in [0, 0.05) is 6.04 Å². The zero-order chi connectivity index (χ0) is 14.7. The fraction of sp³-hybridized carbons (Fsp3) is 0.588. The predicted molar refractivity (Wildman–Crippen MR) is 82.3 cm³/mol. The van der Waals surface area contributed by atoms with Crippen molar-refractivity contribution in [1.82, 2.24) is 10.2 Å². The molecular weight excluding hydrogens is 248 g/mol. The highest BCUT2D eigenvalue weighted by Gasteiger charge is 2.35. The number of carbonyl (C=O) groups is 1. The standard InChI is InChI=1S/C17H26N2O/c1-5-12(2)9-14(4)19-16(20)11-18-17(19)15-8-6-7-13(3)10-15/h6-8,10,12,14,17-18H,5,9,11H2,1-4H3. The van der Waals surface area contributed by atoms with Crippen molar-refractivity contribution in [2.75, 3.05) is 6.54 Å². The summed E-state index contributed by atoms with van der Waals surface area (Å²) in [5.74, 6) is 0.865. The van der Waals surface area contributed by atoms with Crippen molar-refractivity contribution in [2.45, 2.75) is 52.7 Å². The van der Waals surface area contributed by atoms with Crippen molar-refractivity contribution >= 4 is 5.91 Å². The van der Waals surface area contributed by atoms with Gasteiger partial charge in [0.2, 0.25) is 5.91 Å². The first-order valence-corrected chi connectivity index (χ1v) is 7.64. The zero-order valence-corrected chi connectivity index (χ0v) is 13.0. The molecule has 0 aliphatic carbocycles. The second-order valence-electron chi connectivity index (χ2n) is 6.10. The van der Waals surface area contributed by atoms with Gasteiger partial charge in [0.05, 0.1) is 6.54 Å². The summed E-state index contributed by atoms with van der Waals surface area (Å²) < 4.78 is 0. The first kappa shape index (κ1) is 15.0. The Hall–Kier alpha value is -1.35. The smallest absolute Gasteiger partial charge is 0.238 e. The van der Waals surface area contributed by atoms with Crippen molar-refractivity contribution in [1.29, 1.82) is 0 Å². The number of nitrogens with zero attached hydrogens (tertiary/aromatic N) is 1. The molecule has 3 unspecified atom stereocenters. The number of amides is 1. The molecule has 2 rings (SSSR count). The van der Waals surface area contributed by atoms with Crippen LogP contribution in [0.15, 0.2) is 24.3 Å². The highest BCUT2D eigenvalue weighted by Crippen LogP contribution is 2.28. The van der Waals surface area contributed by atoms with Crippen LogP contribution in [-0.2, 0) is 4.79 Å². The summed E-state index contributed by atoms with van der Waals surface area (Å²) in [5.41, 5.74) is 2.42. The summed E-state index contributed by atoms with van der Waals surface area (Å²) in [5, 5.41) is 3.35. The van der Waals surface area contributed by atoms with Crippen molar-refractivity contribution < 1.29 is 4.79 Å². The molecule has 0 bridgehead atoms. The number of rotatable bonds is 5. The minimum absolute atomic E-state index is 0.0291. The highest BCUT2D eigenvalue weighted by atomic mass is 16.2. The number of nitrogens with one attached hydrogen (secondary N) is 1. The predicted octanol–water partition coefficient (Wildman–Crippen LogP) is 3.25. The lowest BCUT2D eigenvalue weighted by Gasteiger charge is -2.32. The third kappa shape index (κ3) is 3.21. The molecule has 0 radical (unpaired) electrons. The molecule has 1 aromatic rings. The van der Waals surface area contributed by atoms with Crippen LogP contribution in [0, 0.1) is 12.8 Å². The van der Waals surface area contributed by atoms with Crippen LogP contribution in [0.3, 0.4) is 0 Å². The van der Waals surface area contributed by atoms with Crippen LogP contribution >= 0.6 is 0 Å². The van der Waals surface area contributed by atoms with E-state index >= 15 is 0 Å². The Balaban J connectivity index is 2.18. The van der Waals surface area contributed by atoms with Gasteiger partial charge in [-0.05, 0) is 31.7 Å². The Morgan fingerprint density at radius 3 is 2.80 bits per heavy atom. The summed E-state index contributed by atoms with van der Waals surface area (Å²) >= 11 is 0. The second-order valence-corrected chi connectivity index (χ2v) is 6.10. The molecule has 1 aromatic carbocycles. The van der Waals surface area contributed by atoms with E-state index in [-0.39, 0.29) is 18.1 Å². The minimum Gasteiger partial charge on any atom is -0.319 e. The summed E-state index contributed by atoms with van der Waals surface area (Å²) in [7, 11) is 0. The lowest BCUT2D eigenvalue weighted by Crippen LogP contribution is -2.38. The van der Waals surface area contributed by atoms with Gasteiger partial charge < -0.3 is 4.90 Å². The van der Waals surface area contributed by atoms with Crippen LogP contribution in [-0.4, -0.2) is 23.4 Å². The van der Waals surface area contributed by atoms with Gasteiger partial charge in [-0.1, -0.05) is 50.1 Å². The first-order valence-electron chi connectivity index (χ1n) is 7.64. The van der Waals surface area contributed by atoms with Crippen LogP contribution in [0.25, 0.3) is 0 Å². The molecular formula is C17H26N2O. The van der Waals surface area contributed by atoms with E-state index in [4.69, 9.17) is 0 Å². The molecule has 0 spiro atoms. The van der Waals surface area contributed by atoms with E-state index in [0.29, 0.717) is 12.5 Å². The maximum Gasteiger partial charge on any atom is 0.238 e. The zero-order valence-electron chi connectivity index (χ0n) is 13.0. The normalized spacial score (nSPS) is 22.1. The van der Waals surface area contributed by atoms with Gasteiger partial charge in [0.1, 0.15) is 6.17 Å². The number of carbonyl (C=O) groups excluding carboxylic acids is 1. The van der Waals surface area contributed by atoms with Crippen LogP contribution in [0.5, 0.6) is 0 Å². The van der Waals surface area contributed by atoms with Crippen molar-refractivity contribution in [2.24, 2.45) is 5.92 Å². The summed E-state index contributed by atoms with van der Waals surface area (Å²) in [4.78, 5) is 14.2. The van der Waals surface area contributed by atoms with E-state index in [9.17, 15) is 4.79 Å². The maximum absolute atomic E-state index is 12.2. The molecule has 3 nitrogen and oxygen atoms in total. The lowest BCUT2D eigenvalue weighted by atomic mass is 9.98. The SMILES string of the molecule is CCC(C)CC(C)N1C(=O)CNC1c1cccc(C)c1. The molecule has 1 fully saturated rings. The van der Waals surface area contributed by atoms with E-state index in [1.807, 2.05) is 4.90 Å². The number of hydrogen-bond donors (Lipinski definition) is 1. The van der Waals surface area contributed by atoms with E-state index in [1.165, 1.54) is 11.1 Å². The topological polar surface area (TPSA) is 32.3 Å². The Labute approximate surface area is 122 Å². The first-order chi connectivity index (χ1) is 9.52. The van der Waals surface area contributed by atoms with Gasteiger partial charge in [-0.25, -0.2) is 0 Å². The molecule has 1 amide bonds. The molecule has 0 saturated carbocycles. The van der Waals surface area contributed by atoms with Crippen LogP contribution < -0.4 is 5.32 Å². The molecule has 3 atom stereocenters. The van der Waals surface area contributed by atoms with Crippen molar-refractivity contribution in [3.63, 3.8) is 0 Å². The number of benzene rings is 1. The van der Waals surface area contributed by atoms with Crippen LogP contribution in [0.4, 0.5) is 0 Å². The molecule has 110 valence electrons. The van der Waals surface area contributed by atoms with Gasteiger partial charge >= 0.3 is 0 Å². The van der Waals surface area contributed by atoms with Crippen molar-refractivity contribution in [3.8, 4) is 0 Å². The Bertz CT molecular complexity index is 472. The van der Waals surface area contributed by atoms with Crippen LogP contribution in [0.2, 0.25) is 0 Å². The molecule has 1 saturated heterocycles. The molecule has 1 aliphatic rings. The maximum atomic E-state index is 12.2. The third-order valence-corrected chi connectivity index (χ3v) is 4.29. The van der Waals surface area contributed by atoms with E-state index in [1.54, 1.807) is 0 Å². The Kier molecular flexibility index (Phi) is 4.81. The number of hydrogen-bond acceptors (Lipinski definition) is 2. The summed E-state index contributed by atoms with van der Waals surface area (Å²) in [6, 6.07) is 8.70. The quantitative estimate of drug-likeness (QED) is 0.894. The van der Waals surface area contributed by atoms with E-state index < -0.39 is 0 Å². The Morgan fingerprint density at radius 2 is 2.15 bits per heavy atom. The van der Waals surface area contributed by atoms with Gasteiger partial charge in [-0.15, -0.1) is 0 Å². The third-order valence-electron chi connectivity index (χ3n) is 4.29. The monoisotopic (exact) mass is 274 g/mol. The number of aryl methyl sites for hydroxylation is 1. The Morgan fingerprint density at radius 1 is 1.40 bits per heavy atom. The van der Waals surface area contributed by atoms with Gasteiger partial charge in [-0.2, -0.15) is 0 Å². The highest BCUT2D eigenvalue weighted by molar-refractivity contribution is 5.81. The minimum atomic E-state index is 0.0291. The summed E-state index contributed by atoms with van der Waals surface area (Å²) in [6.45, 7) is 9.17. The van der Waals surface area contributed by atoms with E-state index in [0.717, 1.165) is 12.8 Å². The van der Waals surface area contributed by atoms with Crippen molar-refractivity contribution in [3.05, 3.63) is 35.4 Å². The average Bonchev–Trinajstić information content (AvgIpc) is 2.80. The van der Waals surface area contributed by atoms with Gasteiger partial charge in [-0.3, -0.25) is 10.1 Å². The molecule has 1 aliphatic heterocycles. The fourth-order valence-electron chi connectivity index (χ4n) is 3.00. The second kappa shape index (κ2) is 6.40. The molecule has 0 aromatic heterocycles. The van der Waals surface area contributed by atoms with Gasteiger partial charge in [0.15, 0.2) is 0 Å². The van der Waals surface area contributed by atoms with Crippen LogP contribution in [0.1, 0.15) is 50.9 Å². The van der Waals surface area contributed by atoms with E-state index in [2.05, 4.69) is 57.3 Å². The molecule has 3 heteroatoms. The lowest BCUT2D eigenvalue weighted by molar-refractivity contribution is -0.130. The average molecular weight is 274 g/mol. The molecule has 1 N–H and O–H groups in total. The molecule has 1 heterocycles. The summed E-state index contributed by atoms with van der Waals surface area (Å²) in [6.07, 6.45) is 2.25. The molecule has 20 heavy (non-hydrogen) atoms. The fourth-order valence-corrected chi connectivity index (χ4v) is 3.00. The largest absolute Gasteiger partial charge is 0.319 e.